The van der Waals surface area contributed by atoms with Crippen LogP contribution in [0.25, 0.3) is 0 Å². The van der Waals surface area contributed by atoms with Gasteiger partial charge in [0.1, 0.15) is 25.0 Å². The highest BCUT2D eigenvalue weighted by molar-refractivity contribution is 5.68. The van der Waals surface area contributed by atoms with Crippen LogP contribution in [0.4, 0.5) is 0 Å². The standard InChI is InChI=1S/C16H23NO8/c1-6-12-14(17-8(2)18)16(24-11(5)21)15(23-10(4)20)13(25-12)7-22-9(3)19/h1,8,12-18H,7H2,2-5H3/t8?,12?,13-,14+,15+,16-/m1/s1. The zero-order chi connectivity index (χ0) is 19.1. The molecule has 140 valence electrons. The average molecular weight is 357 g/mol. The number of nitrogens with one attached hydrogen (secondary N) is 1. The van der Waals surface area contributed by atoms with E-state index in [4.69, 9.17) is 25.4 Å². The summed E-state index contributed by atoms with van der Waals surface area (Å²) in [7, 11) is 0. The molecule has 0 bridgehead atoms. The Bertz CT molecular complexity index is 541. The van der Waals surface area contributed by atoms with Gasteiger partial charge in [-0.15, -0.1) is 6.42 Å². The van der Waals surface area contributed by atoms with Gasteiger partial charge in [0.05, 0.1) is 6.04 Å². The molecule has 1 rings (SSSR count). The number of rotatable bonds is 6. The van der Waals surface area contributed by atoms with Gasteiger partial charge in [-0.1, -0.05) is 5.92 Å². The Morgan fingerprint density at radius 3 is 2.16 bits per heavy atom. The van der Waals surface area contributed by atoms with Crippen LogP contribution >= 0.6 is 0 Å². The molecule has 1 aliphatic heterocycles. The number of esters is 3. The maximum absolute atomic E-state index is 11.5. The molecule has 0 aromatic heterocycles. The van der Waals surface area contributed by atoms with Crippen molar-refractivity contribution >= 4 is 17.9 Å². The second-order valence-electron chi connectivity index (χ2n) is 5.58. The summed E-state index contributed by atoms with van der Waals surface area (Å²) in [5, 5.41) is 12.4. The number of aliphatic hydroxyl groups is 1. The summed E-state index contributed by atoms with van der Waals surface area (Å²) in [4.78, 5) is 34.1. The van der Waals surface area contributed by atoms with Crippen LogP contribution in [-0.4, -0.2) is 66.3 Å². The molecule has 9 nitrogen and oxygen atoms in total. The summed E-state index contributed by atoms with van der Waals surface area (Å²) >= 11 is 0. The van der Waals surface area contributed by atoms with Gasteiger partial charge in [-0.3, -0.25) is 19.7 Å². The second kappa shape index (κ2) is 9.36. The third-order valence-electron chi connectivity index (χ3n) is 3.34. The zero-order valence-electron chi connectivity index (χ0n) is 14.6. The molecule has 2 unspecified atom stereocenters. The summed E-state index contributed by atoms with van der Waals surface area (Å²) in [5.41, 5.74) is 0. The molecule has 1 aliphatic rings. The van der Waals surface area contributed by atoms with Gasteiger partial charge in [-0.05, 0) is 6.92 Å². The highest BCUT2D eigenvalue weighted by atomic mass is 16.6. The van der Waals surface area contributed by atoms with E-state index in [0.717, 1.165) is 0 Å². The van der Waals surface area contributed by atoms with E-state index in [-0.39, 0.29) is 6.61 Å². The first-order valence-corrected chi connectivity index (χ1v) is 7.69. The molecule has 0 aliphatic carbocycles. The van der Waals surface area contributed by atoms with E-state index in [0.29, 0.717) is 0 Å². The Hall–Kier alpha value is -2.15. The summed E-state index contributed by atoms with van der Waals surface area (Å²) in [6, 6.07) is -0.841. The lowest BCUT2D eigenvalue weighted by Crippen LogP contribution is -2.66. The van der Waals surface area contributed by atoms with Crippen LogP contribution in [0.2, 0.25) is 0 Å². The van der Waals surface area contributed by atoms with E-state index in [2.05, 4.69) is 11.2 Å². The highest BCUT2D eigenvalue weighted by Crippen LogP contribution is 2.27. The number of terminal acetylenes is 1. The number of carbonyl (C=O) groups excluding carboxylic acids is 3. The third-order valence-corrected chi connectivity index (χ3v) is 3.34. The molecular formula is C16H23NO8. The molecule has 1 saturated heterocycles. The smallest absolute Gasteiger partial charge is 0.303 e. The van der Waals surface area contributed by atoms with Gasteiger partial charge in [0.2, 0.25) is 0 Å². The zero-order valence-corrected chi connectivity index (χ0v) is 14.6. The minimum Gasteiger partial charge on any atom is -0.463 e. The Balaban J connectivity index is 3.19. The Kier molecular flexibility index (Phi) is 7.83. The van der Waals surface area contributed by atoms with Crippen molar-refractivity contribution in [1.29, 1.82) is 0 Å². The molecule has 9 heteroatoms. The molecule has 0 aromatic carbocycles. The maximum Gasteiger partial charge on any atom is 0.303 e. The fraction of sp³-hybridized carbons (Fsp3) is 0.688. The molecule has 0 spiro atoms. The van der Waals surface area contributed by atoms with Crippen molar-refractivity contribution in [2.45, 2.75) is 64.4 Å². The lowest BCUT2D eigenvalue weighted by atomic mass is 9.92. The third kappa shape index (κ3) is 6.34. The van der Waals surface area contributed by atoms with Crippen LogP contribution in [0.3, 0.4) is 0 Å². The van der Waals surface area contributed by atoms with E-state index in [1.165, 1.54) is 27.7 Å². The van der Waals surface area contributed by atoms with Crippen molar-refractivity contribution in [2.75, 3.05) is 6.61 Å². The van der Waals surface area contributed by atoms with Crippen LogP contribution in [-0.2, 0) is 33.3 Å². The van der Waals surface area contributed by atoms with Crippen molar-refractivity contribution in [3.8, 4) is 12.3 Å². The van der Waals surface area contributed by atoms with Crippen molar-refractivity contribution in [3.63, 3.8) is 0 Å². The van der Waals surface area contributed by atoms with Crippen LogP contribution in [0.1, 0.15) is 27.7 Å². The SMILES string of the molecule is C#CC1O[C@H](COC(C)=O)[C@H](OC(C)=O)[C@H](OC(C)=O)[C@H]1NC(C)O. The molecule has 1 fully saturated rings. The van der Waals surface area contributed by atoms with Gasteiger partial charge in [0, 0.05) is 20.8 Å². The van der Waals surface area contributed by atoms with Crippen LogP contribution in [0.15, 0.2) is 0 Å². The Labute approximate surface area is 145 Å². The molecule has 1 heterocycles. The fourth-order valence-electron chi connectivity index (χ4n) is 2.54. The molecule has 25 heavy (non-hydrogen) atoms. The molecule has 0 saturated carbocycles. The first kappa shape index (κ1) is 20.9. The van der Waals surface area contributed by atoms with E-state index in [1.54, 1.807) is 0 Å². The second-order valence-corrected chi connectivity index (χ2v) is 5.58. The monoisotopic (exact) mass is 357 g/mol. The van der Waals surface area contributed by atoms with Crippen LogP contribution < -0.4 is 5.32 Å². The Morgan fingerprint density at radius 2 is 1.72 bits per heavy atom. The van der Waals surface area contributed by atoms with Crippen LogP contribution in [0.5, 0.6) is 0 Å². The predicted octanol–water partition coefficient (Wildman–Crippen LogP) is -0.890. The minimum atomic E-state index is -1.08. The fourth-order valence-corrected chi connectivity index (χ4v) is 2.54. The van der Waals surface area contributed by atoms with Gasteiger partial charge < -0.3 is 24.1 Å². The minimum absolute atomic E-state index is 0.245. The van der Waals surface area contributed by atoms with Gasteiger partial charge in [0.15, 0.2) is 12.2 Å². The van der Waals surface area contributed by atoms with Crippen molar-refractivity contribution in [3.05, 3.63) is 0 Å². The predicted molar refractivity (Wildman–Crippen MR) is 83.8 cm³/mol. The van der Waals surface area contributed by atoms with Gasteiger partial charge in [0.25, 0.3) is 0 Å². The summed E-state index contributed by atoms with van der Waals surface area (Å²) in [5.74, 6) is 0.546. The Morgan fingerprint density at radius 1 is 1.16 bits per heavy atom. The largest absolute Gasteiger partial charge is 0.463 e. The van der Waals surface area contributed by atoms with Gasteiger partial charge >= 0.3 is 17.9 Å². The summed E-state index contributed by atoms with van der Waals surface area (Å²) in [6.45, 7) is 4.78. The van der Waals surface area contributed by atoms with E-state index in [9.17, 15) is 19.5 Å². The highest BCUT2D eigenvalue weighted by Gasteiger charge is 2.50. The van der Waals surface area contributed by atoms with E-state index >= 15 is 0 Å². The first-order valence-electron chi connectivity index (χ1n) is 7.69. The maximum atomic E-state index is 11.5. The number of aliphatic hydroxyl groups excluding tert-OH is 1. The normalized spacial score (nSPS) is 29.8. The van der Waals surface area contributed by atoms with Crippen LogP contribution in [0, 0.1) is 12.3 Å². The van der Waals surface area contributed by atoms with Gasteiger partial charge in [-0.25, -0.2) is 0 Å². The quantitative estimate of drug-likeness (QED) is 0.270. The van der Waals surface area contributed by atoms with E-state index < -0.39 is 54.6 Å². The van der Waals surface area contributed by atoms with Crippen molar-refractivity contribution < 1.29 is 38.4 Å². The lowest BCUT2D eigenvalue weighted by Gasteiger charge is -2.44. The van der Waals surface area contributed by atoms with Crippen molar-refractivity contribution in [2.24, 2.45) is 0 Å². The number of hydrogen-bond donors (Lipinski definition) is 2. The lowest BCUT2D eigenvalue weighted by molar-refractivity contribution is -0.218. The average Bonchev–Trinajstić information content (AvgIpc) is 2.48. The number of ether oxygens (including phenoxy) is 4. The molecule has 0 radical (unpaired) electrons. The number of hydrogen-bond acceptors (Lipinski definition) is 9. The first-order chi connectivity index (χ1) is 11.6. The summed E-state index contributed by atoms with van der Waals surface area (Å²) < 4.78 is 21.1. The molecule has 0 aromatic rings. The van der Waals surface area contributed by atoms with Crippen molar-refractivity contribution in [1.82, 2.24) is 5.32 Å². The van der Waals surface area contributed by atoms with E-state index in [1.807, 2.05) is 0 Å². The molecular weight excluding hydrogens is 334 g/mol. The van der Waals surface area contributed by atoms with Gasteiger partial charge in [-0.2, -0.15) is 0 Å². The number of carbonyl (C=O) groups is 3. The molecule has 0 amide bonds. The molecule has 2 N–H and O–H groups in total. The molecule has 6 atom stereocenters. The topological polar surface area (TPSA) is 120 Å². The summed E-state index contributed by atoms with van der Waals surface area (Å²) in [6.07, 6.45) is 0.484.